The fraction of sp³-hybridized carbons (Fsp3) is 0. The van der Waals surface area contributed by atoms with Crippen LogP contribution in [0.25, 0.3) is 27.5 Å². The van der Waals surface area contributed by atoms with E-state index in [0.29, 0.717) is 5.69 Å². The maximum atomic E-state index is 12.4. The number of carboxylic acid groups (broad SMARTS) is 1. The van der Waals surface area contributed by atoms with Gasteiger partial charge in [0.1, 0.15) is 17.1 Å². The first kappa shape index (κ1) is 14.7. The summed E-state index contributed by atoms with van der Waals surface area (Å²) in [5.41, 5.74) is -0.107. The minimum Gasteiger partial charge on any atom is -0.476 e. The van der Waals surface area contributed by atoms with Crippen molar-refractivity contribution < 1.29 is 9.90 Å². The third-order valence-electron chi connectivity index (χ3n) is 4.00. The van der Waals surface area contributed by atoms with Gasteiger partial charge in [0, 0.05) is 5.56 Å². The number of nitrogens with one attached hydrogen (secondary N) is 1. The average molecular weight is 330 g/mol. The van der Waals surface area contributed by atoms with Crippen LogP contribution in [0.4, 0.5) is 0 Å². The fourth-order valence-corrected chi connectivity index (χ4v) is 2.84. The van der Waals surface area contributed by atoms with Gasteiger partial charge in [-0.2, -0.15) is 10.4 Å². The number of aromatic nitrogens is 3. The lowest BCUT2D eigenvalue weighted by Gasteiger charge is -2.05. The van der Waals surface area contributed by atoms with Crippen molar-refractivity contribution in [2.24, 2.45) is 0 Å². The van der Waals surface area contributed by atoms with E-state index in [0.717, 1.165) is 20.9 Å². The van der Waals surface area contributed by atoms with E-state index < -0.39 is 17.2 Å². The summed E-state index contributed by atoms with van der Waals surface area (Å²) in [7, 11) is 0. The van der Waals surface area contributed by atoms with E-state index in [-0.39, 0.29) is 11.1 Å². The largest absolute Gasteiger partial charge is 0.476 e. The van der Waals surface area contributed by atoms with Crippen LogP contribution >= 0.6 is 0 Å². The molecule has 0 radical (unpaired) electrons. The molecule has 0 fully saturated rings. The molecule has 0 unspecified atom stereocenters. The summed E-state index contributed by atoms with van der Waals surface area (Å²) in [6.45, 7) is 0. The Balaban J connectivity index is 1.98. The van der Waals surface area contributed by atoms with Gasteiger partial charge in [0.15, 0.2) is 5.69 Å². The van der Waals surface area contributed by atoms with Crippen LogP contribution < -0.4 is 5.56 Å². The van der Waals surface area contributed by atoms with Crippen molar-refractivity contribution in [1.82, 2.24) is 14.6 Å². The van der Waals surface area contributed by atoms with Gasteiger partial charge in [-0.1, -0.05) is 36.4 Å². The highest BCUT2D eigenvalue weighted by Crippen LogP contribution is 2.23. The highest BCUT2D eigenvalue weighted by Gasteiger charge is 2.21. The molecule has 2 N–H and O–H groups in total. The van der Waals surface area contributed by atoms with Crippen LogP contribution in [0.15, 0.2) is 53.5 Å². The summed E-state index contributed by atoms with van der Waals surface area (Å²) in [6, 6.07) is 15.2. The van der Waals surface area contributed by atoms with Crippen LogP contribution in [-0.4, -0.2) is 25.7 Å². The molecule has 7 heteroatoms. The molecule has 0 saturated heterocycles. The lowest BCUT2D eigenvalue weighted by molar-refractivity contribution is 0.0689. The number of carbonyl (C=O) groups is 1. The van der Waals surface area contributed by atoms with Crippen molar-refractivity contribution in [3.63, 3.8) is 0 Å². The van der Waals surface area contributed by atoms with Crippen molar-refractivity contribution in [1.29, 1.82) is 5.26 Å². The number of carboxylic acids is 1. The van der Waals surface area contributed by atoms with Crippen LogP contribution in [0, 0.1) is 11.3 Å². The van der Waals surface area contributed by atoms with Gasteiger partial charge in [-0.25, -0.2) is 9.31 Å². The normalized spacial score (nSPS) is 10.8. The maximum absolute atomic E-state index is 12.4. The summed E-state index contributed by atoms with van der Waals surface area (Å²) in [6.07, 6.45) is 1.51. The summed E-state index contributed by atoms with van der Waals surface area (Å²) in [5.74, 6) is -1.35. The van der Waals surface area contributed by atoms with Gasteiger partial charge in [0.2, 0.25) is 0 Å². The predicted octanol–water partition coefficient (Wildman–Crippen LogP) is 2.41. The summed E-state index contributed by atoms with van der Waals surface area (Å²) < 4.78 is 1.14. The molecular formula is C18H10N4O3. The van der Waals surface area contributed by atoms with Crippen LogP contribution in [0.1, 0.15) is 16.1 Å². The first-order valence-electron chi connectivity index (χ1n) is 7.36. The van der Waals surface area contributed by atoms with Crippen LogP contribution in [0.3, 0.4) is 0 Å². The monoisotopic (exact) mass is 330 g/mol. The van der Waals surface area contributed by atoms with Crippen molar-refractivity contribution >= 4 is 22.3 Å². The maximum Gasteiger partial charge on any atom is 0.357 e. The van der Waals surface area contributed by atoms with Crippen LogP contribution in [0.2, 0.25) is 0 Å². The van der Waals surface area contributed by atoms with Gasteiger partial charge < -0.3 is 10.1 Å². The molecule has 0 aliphatic carbocycles. The van der Waals surface area contributed by atoms with Crippen molar-refractivity contribution in [2.75, 3.05) is 0 Å². The lowest BCUT2D eigenvalue weighted by atomic mass is 10.1. The molecule has 0 aliphatic heterocycles. The Bertz CT molecular complexity index is 1260. The molecule has 0 saturated carbocycles. The standard InChI is InChI=1S/C18H10N4O3/c19-8-13-15(18(24)25)21-22-9-14(20-17(23)16(13)22)12-6-5-10-3-1-2-4-11(10)7-12/h1-7,9H,(H,20,23)(H,24,25). The van der Waals surface area contributed by atoms with E-state index in [1.807, 2.05) is 42.5 Å². The first-order valence-corrected chi connectivity index (χ1v) is 7.36. The van der Waals surface area contributed by atoms with Gasteiger partial charge in [-0.15, -0.1) is 0 Å². The van der Waals surface area contributed by atoms with Gasteiger partial charge >= 0.3 is 5.97 Å². The van der Waals surface area contributed by atoms with Crippen molar-refractivity contribution in [2.45, 2.75) is 0 Å². The second kappa shape index (κ2) is 5.32. The molecule has 2 heterocycles. The van der Waals surface area contributed by atoms with Gasteiger partial charge in [0.05, 0.1) is 11.9 Å². The number of rotatable bonds is 2. The molecule has 7 nitrogen and oxygen atoms in total. The molecule has 0 atom stereocenters. The topological polar surface area (TPSA) is 111 Å². The molecule has 2 aromatic carbocycles. The van der Waals surface area contributed by atoms with E-state index in [1.165, 1.54) is 6.20 Å². The zero-order valence-electron chi connectivity index (χ0n) is 12.7. The summed E-state index contributed by atoms with van der Waals surface area (Å²) >= 11 is 0. The number of H-pyrrole nitrogens is 1. The third kappa shape index (κ3) is 2.24. The molecular weight excluding hydrogens is 320 g/mol. The molecule has 0 spiro atoms. The van der Waals surface area contributed by atoms with E-state index in [1.54, 1.807) is 6.07 Å². The molecule has 0 bridgehead atoms. The molecule has 4 rings (SSSR count). The zero-order chi connectivity index (χ0) is 17.6. The van der Waals surface area contributed by atoms with E-state index in [9.17, 15) is 9.59 Å². The van der Waals surface area contributed by atoms with E-state index >= 15 is 0 Å². The Labute approximate surface area is 140 Å². The number of nitriles is 1. The fourth-order valence-electron chi connectivity index (χ4n) is 2.84. The minimum absolute atomic E-state index is 0.0792. The summed E-state index contributed by atoms with van der Waals surface area (Å²) in [5, 5.41) is 24.3. The molecule has 25 heavy (non-hydrogen) atoms. The number of benzene rings is 2. The number of aromatic carboxylic acids is 1. The molecule has 120 valence electrons. The Morgan fingerprint density at radius 1 is 1.20 bits per heavy atom. The summed E-state index contributed by atoms with van der Waals surface area (Å²) in [4.78, 5) is 26.3. The van der Waals surface area contributed by atoms with Crippen molar-refractivity contribution in [3.05, 3.63) is 70.3 Å². The zero-order valence-corrected chi connectivity index (χ0v) is 12.7. The van der Waals surface area contributed by atoms with Crippen LogP contribution in [-0.2, 0) is 0 Å². The highest BCUT2D eigenvalue weighted by atomic mass is 16.4. The number of hydrogen-bond donors (Lipinski definition) is 2. The van der Waals surface area contributed by atoms with Crippen molar-refractivity contribution in [3.8, 4) is 17.3 Å². The molecule has 2 aromatic heterocycles. The Kier molecular flexibility index (Phi) is 3.12. The molecule has 0 amide bonds. The average Bonchev–Trinajstić information content (AvgIpc) is 3.00. The Morgan fingerprint density at radius 2 is 1.96 bits per heavy atom. The third-order valence-corrected chi connectivity index (χ3v) is 4.00. The SMILES string of the molecule is N#Cc1c(C(=O)O)nn2cc(-c3ccc4ccccc4c3)[nH]c(=O)c12. The molecule has 4 aromatic rings. The quantitative estimate of drug-likeness (QED) is 0.586. The van der Waals surface area contributed by atoms with E-state index in [2.05, 4.69) is 10.1 Å². The lowest BCUT2D eigenvalue weighted by Crippen LogP contribution is -2.11. The number of fused-ring (bicyclic) bond motifs is 2. The number of nitrogens with zero attached hydrogens (tertiary/aromatic N) is 3. The highest BCUT2D eigenvalue weighted by molar-refractivity contribution is 5.91. The van der Waals surface area contributed by atoms with Crippen LogP contribution in [0.5, 0.6) is 0 Å². The predicted molar refractivity (Wildman–Crippen MR) is 90.4 cm³/mol. The second-order valence-electron chi connectivity index (χ2n) is 5.49. The molecule has 0 aliphatic rings. The van der Waals surface area contributed by atoms with Gasteiger partial charge in [-0.05, 0) is 16.8 Å². The van der Waals surface area contributed by atoms with Gasteiger partial charge in [-0.3, -0.25) is 4.79 Å². The Hall–Kier alpha value is -3.92. The Morgan fingerprint density at radius 3 is 2.68 bits per heavy atom. The smallest absolute Gasteiger partial charge is 0.357 e. The first-order chi connectivity index (χ1) is 12.1. The second-order valence-corrected chi connectivity index (χ2v) is 5.49. The number of aromatic amines is 1. The number of hydrogen-bond acceptors (Lipinski definition) is 4. The van der Waals surface area contributed by atoms with E-state index in [4.69, 9.17) is 10.4 Å². The minimum atomic E-state index is -1.35. The van der Waals surface area contributed by atoms with Gasteiger partial charge in [0.25, 0.3) is 5.56 Å².